The molecule has 0 aromatic rings. The van der Waals surface area contributed by atoms with Gasteiger partial charge in [0.05, 0.1) is 0 Å². The van der Waals surface area contributed by atoms with Crippen LogP contribution in [0.3, 0.4) is 0 Å². The van der Waals surface area contributed by atoms with Crippen LogP contribution < -0.4 is 5.32 Å². The van der Waals surface area contributed by atoms with E-state index in [1.54, 1.807) is 0 Å². The molecule has 0 rings (SSSR count). The third-order valence-corrected chi connectivity index (χ3v) is 0.914. The molecule has 0 unspecified atom stereocenters. The van der Waals surface area contributed by atoms with Crippen LogP contribution >= 0.6 is 0 Å². The summed E-state index contributed by atoms with van der Waals surface area (Å²) in [5.41, 5.74) is 0. The molecule has 0 spiro atoms. The second kappa shape index (κ2) is 16.0. The lowest BCUT2D eigenvalue weighted by molar-refractivity contribution is 0.819. The predicted molar refractivity (Wildman–Crippen MR) is 51.1 cm³/mol. The fourth-order valence-corrected chi connectivity index (χ4v) is 0.342. The highest BCUT2D eigenvalue weighted by Crippen LogP contribution is 1.77. The third kappa shape index (κ3) is 27.3. The Morgan fingerprint density at radius 1 is 1.18 bits per heavy atom. The van der Waals surface area contributed by atoms with Gasteiger partial charge in [-0.15, -0.1) is 24.7 Å². The summed E-state index contributed by atoms with van der Waals surface area (Å²) in [4.78, 5) is 0. The van der Waals surface area contributed by atoms with E-state index in [-0.39, 0.29) is 0 Å². The van der Waals surface area contributed by atoms with Gasteiger partial charge in [0.25, 0.3) is 0 Å². The molecule has 0 aliphatic heterocycles. The van der Waals surface area contributed by atoms with Gasteiger partial charge in [-0.2, -0.15) is 0 Å². The van der Waals surface area contributed by atoms with Crippen molar-refractivity contribution in [1.82, 2.24) is 5.32 Å². The first-order chi connectivity index (χ1) is 5.33. The highest BCUT2D eigenvalue weighted by molar-refractivity contribution is 4.83. The van der Waals surface area contributed by atoms with E-state index in [0.717, 1.165) is 25.8 Å². The SMILES string of the molecule is C#CCCC.C#CCCNC. The third-order valence-electron chi connectivity index (χ3n) is 0.914. The summed E-state index contributed by atoms with van der Waals surface area (Å²) in [6, 6.07) is 0. The minimum Gasteiger partial charge on any atom is -0.319 e. The summed E-state index contributed by atoms with van der Waals surface area (Å²) in [6.45, 7) is 3.00. The molecule has 1 nitrogen and oxygen atoms in total. The van der Waals surface area contributed by atoms with Gasteiger partial charge in [0.1, 0.15) is 0 Å². The van der Waals surface area contributed by atoms with Gasteiger partial charge in [0, 0.05) is 19.4 Å². The maximum Gasteiger partial charge on any atom is 0.0211 e. The number of rotatable bonds is 3. The molecule has 62 valence electrons. The van der Waals surface area contributed by atoms with Crippen molar-refractivity contribution in [3.05, 3.63) is 0 Å². The monoisotopic (exact) mass is 151 g/mol. The predicted octanol–water partition coefficient (Wildman–Crippen LogP) is 1.65. The van der Waals surface area contributed by atoms with Crippen LogP contribution in [0, 0.1) is 24.7 Å². The lowest BCUT2D eigenvalue weighted by Crippen LogP contribution is -2.05. The van der Waals surface area contributed by atoms with Gasteiger partial charge < -0.3 is 5.32 Å². The molecule has 0 radical (unpaired) electrons. The lowest BCUT2D eigenvalue weighted by atomic mass is 10.4. The van der Waals surface area contributed by atoms with Gasteiger partial charge in [-0.25, -0.2) is 0 Å². The van der Waals surface area contributed by atoms with E-state index in [1.807, 2.05) is 7.05 Å². The Balaban J connectivity index is 0. The molecule has 0 aliphatic carbocycles. The van der Waals surface area contributed by atoms with Crippen molar-refractivity contribution in [3.63, 3.8) is 0 Å². The molecule has 0 amide bonds. The Kier molecular flexibility index (Phi) is 18.6. The summed E-state index contributed by atoms with van der Waals surface area (Å²) >= 11 is 0. The van der Waals surface area contributed by atoms with Gasteiger partial charge in [-0.1, -0.05) is 6.92 Å². The van der Waals surface area contributed by atoms with E-state index >= 15 is 0 Å². The molecular formula is C10H17N. The summed E-state index contributed by atoms with van der Waals surface area (Å²) in [6.07, 6.45) is 12.7. The van der Waals surface area contributed by atoms with Gasteiger partial charge in [0.15, 0.2) is 0 Å². The largest absolute Gasteiger partial charge is 0.319 e. The van der Waals surface area contributed by atoms with Crippen LogP contribution in [0.4, 0.5) is 0 Å². The number of terminal acetylenes is 2. The number of hydrogen-bond acceptors (Lipinski definition) is 1. The molecule has 1 heteroatoms. The van der Waals surface area contributed by atoms with E-state index in [4.69, 9.17) is 12.8 Å². The first-order valence-electron chi connectivity index (χ1n) is 3.85. The highest BCUT2D eigenvalue weighted by atomic mass is 14.8. The molecule has 1 N–H and O–H groups in total. The first-order valence-corrected chi connectivity index (χ1v) is 3.85. The van der Waals surface area contributed by atoms with E-state index in [9.17, 15) is 0 Å². The molecule has 0 aromatic carbocycles. The average Bonchev–Trinajstić information content (AvgIpc) is 2.04. The molecular weight excluding hydrogens is 134 g/mol. The minimum absolute atomic E-state index is 0.830. The molecule has 11 heavy (non-hydrogen) atoms. The van der Waals surface area contributed by atoms with E-state index in [2.05, 4.69) is 24.1 Å². The molecule has 0 heterocycles. The van der Waals surface area contributed by atoms with Gasteiger partial charge in [-0.05, 0) is 13.5 Å². The first kappa shape index (κ1) is 12.7. The average molecular weight is 151 g/mol. The van der Waals surface area contributed by atoms with Crippen LogP contribution in [0.1, 0.15) is 26.2 Å². The van der Waals surface area contributed by atoms with Crippen LogP contribution in [-0.4, -0.2) is 13.6 Å². The molecule has 0 aromatic heterocycles. The molecule has 0 saturated heterocycles. The molecule has 0 fully saturated rings. The maximum absolute atomic E-state index is 4.92. The Bertz CT molecular complexity index is 125. The van der Waals surface area contributed by atoms with Crippen molar-refractivity contribution < 1.29 is 0 Å². The van der Waals surface area contributed by atoms with Gasteiger partial charge in [-0.3, -0.25) is 0 Å². The number of nitrogens with one attached hydrogen (secondary N) is 1. The molecule has 0 aliphatic rings. The summed E-state index contributed by atoms with van der Waals surface area (Å²) in [5.74, 6) is 5.02. The maximum atomic E-state index is 4.92. The zero-order valence-electron chi connectivity index (χ0n) is 7.48. The number of unbranched alkanes of at least 4 members (excludes halogenated alkanes) is 1. The summed E-state index contributed by atoms with van der Waals surface area (Å²) in [5, 5.41) is 2.93. The van der Waals surface area contributed by atoms with E-state index in [0.29, 0.717) is 0 Å². The summed E-state index contributed by atoms with van der Waals surface area (Å²) in [7, 11) is 1.89. The Hall–Kier alpha value is -0.920. The molecule has 0 atom stereocenters. The van der Waals surface area contributed by atoms with Gasteiger partial charge in [0.2, 0.25) is 0 Å². The smallest absolute Gasteiger partial charge is 0.0211 e. The fourth-order valence-electron chi connectivity index (χ4n) is 0.342. The van der Waals surface area contributed by atoms with Crippen molar-refractivity contribution in [1.29, 1.82) is 0 Å². The molecule has 0 saturated carbocycles. The minimum atomic E-state index is 0.830. The Morgan fingerprint density at radius 2 is 1.73 bits per heavy atom. The van der Waals surface area contributed by atoms with E-state index < -0.39 is 0 Å². The standard InChI is InChI=1S/C5H9N.C5H8/c1-3-4-5-6-2;1-3-5-4-2/h1,6H,4-5H2,2H3;1H,4-5H2,2H3. The Labute approximate surface area is 70.6 Å². The van der Waals surface area contributed by atoms with Crippen molar-refractivity contribution >= 4 is 0 Å². The van der Waals surface area contributed by atoms with E-state index in [1.165, 1.54) is 0 Å². The quantitative estimate of drug-likeness (QED) is 0.477. The fraction of sp³-hybridized carbons (Fsp3) is 0.600. The topological polar surface area (TPSA) is 12.0 Å². The van der Waals surface area contributed by atoms with Crippen molar-refractivity contribution in [2.75, 3.05) is 13.6 Å². The van der Waals surface area contributed by atoms with Gasteiger partial charge >= 0.3 is 0 Å². The van der Waals surface area contributed by atoms with Crippen molar-refractivity contribution in [2.24, 2.45) is 0 Å². The van der Waals surface area contributed by atoms with Crippen LogP contribution in [0.2, 0.25) is 0 Å². The lowest BCUT2D eigenvalue weighted by Gasteiger charge is -1.84. The summed E-state index contributed by atoms with van der Waals surface area (Å²) < 4.78 is 0. The zero-order chi connectivity index (χ0) is 8.95. The van der Waals surface area contributed by atoms with Crippen molar-refractivity contribution in [3.8, 4) is 24.7 Å². The van der Waals surface area contributed by atoms with Crippen molar-refractivity contribution in [2.45, 2.75) is 26.2 Å². The highest BCUT2D eigenvalue weighted by Gasteiger charge is 1.68. The second-order valence-electron chi connectivity index (χ2n) is 2.01. The van der Waals surface area contributed by atoms with Crippen LogP contribution in [0.5, 0.6) is 0 Å². The van der Waals surface area contributed by atoms with Crippen LogP contribution in [-0.2, 0) is 0 Å². The second-order valence-corrected chi connectivity index (χ2v) is 2.01. The zero-order valence-corrected chi connectivity index (χ0v) is 7.48. The van der Waals surface area contributed by atoms with Crippen LogP contribution in [0.25, 0.3) is 0 Å². The normalized spacial score (nSPS) is 6.91. The number of hydrogen-bond donors (Lipinski definition) is 1. The van der Waals surface area contributed by atoms with Crippen LogP contribution in [0.15, 0.2) is 0 Å². The molecule has 0 bridgehead atoms. The Morgan fingerprint density at radius 3 is 1.82 bits per heavy atom.